The van der Waals surface area contributed by atoms with Gasteiger partial charge in [-0.2, -0.15) is 0 Å². The van der Waals surface area contributed by atoms with Gasteiger partial charge in [-0.1, -0.05) is 49.4 Å². The van der Waals surface area contributed by atoms with Crippen LogP contribution < -0.4 is 0 Å². The maximum atomic E-state index is 12.6. The van der Waals surface area contributed by atoms with Gasteiger partial charge in [-0.15, -0.1) is 0 Å². The summed E-state index contributed by atoms with van der Waals surface area (Å²) in [7, 11) is 0. The third-order valence-corrected chi connectivity index (χ3v) is 5.18. The van der Waals surface area contributed by atoms with Gasteiger partial charge in [0, 0.05) is 11.8 Å². The molecule has 2 aliphatic rings. The van der Waals surface area contributed by atoms with Crippen LogP contribution in [0.2, 0.25) is 0 Å². The Hall–Kier alpha value is -2.42. The monoisotopic (exact) mass is 320 g/mol. The second-order valence-electron chi connectivity index (χ2n) is 6.65. The lowest BCUT2D eigenvalue weighted by Gasteiger charge is -2.22. The van der Waals surface area contributed by atoms with Crippen molar-refractivity contribution >= 4 is 22.5 Å². The maximum absolute atomic E-state index is 12.6. The van der Waals surface area contributed by atoms with E-state index in [1.807, 2.05) is 55.5 Å². The molecule has 0 amide bonds. The molecule has 2 aromatic rings. The molecule has 122 valence electrons. The van der Waals surface area contributed by atoms with Crippen molar-refractivity contribution in [3.05, 3.63) is 59.7 Å². The first kappa shape index (κ1) is 15.1. The highest BCUT2D eigenvalue weighted by atomic mass is 16.5. The molecule has 24 heavy (non-hydrogen) atoms. The van der Waals surface area contributed by atoms with E-state index < -0.39 is 0 Å². The number of carbonyl (C=O) groups is 2. The van der Waals surface area contributed by atoms with Crippen molar-refractivity contribution in [2.24, 2.45) is 11.8 Å². The van der Waals surface area contributed by atoms with Crippen LogP contribution in [0, 0.1) is 11.8 Å². The molecule has 3 nitrogen and oxygen atoms in total. The van der Waals surface area contributed by atoms with Crippen molar-refractivity contribution in [1.82, 2.24) is 0 Å². The number of ether oxygens (including phenoxy) is 1. The van der Waals surface area contributed by atoms with Crippen molar-refractivity contribution in [3.63, 3.8) is 0 Å². The van der Waals surface area contributed by atoms with E-state index in [-0.39, 0.29) is 23.7 Å². The third kappa shape index (κ3) is 2.27. The molecule has 0 spiro atoms. The van der Waals surface area contributed by atoms with E-state index in [1.54, 1.807) is 0 Å². The minimum Gasteiger partial charge on any atom is -0.462 e. The number of hydrogen-bond donors (Lipinski definition) is 0. The molecule has 0 radical (unpaired) electrons. The first-order chi connectivity index (χ1) is 11.7. The minimum absolute atomic E-state index is 0.0125. The number of hydrogen-bond acceptors (Lipinski definition) is 3. The van der Waals surface area contributed by atoms with E-state index in [1.165, 1.54) is 0 Å². The maximum Gasteiger partial charge on any atom is 0.338 e. The Kier molecular flexibility index (Phi) is 3.72. The average Bonchev–Trinajstić information content (AvgIpc) is 3.13. The lowest BCUT2D eigenvalue weighted by molar-refractivity contribution is -0.120. The number of Topliss-reactive ketones (excluding diaryl/α,β-unsaturated/α-hetero) is 1. The molecule has 2 aromatic carbocycles. The van der Waals surface area contributed by atoms with Gasteiger partial charge in [0.15, 0.2) is 0 Å². The second-order valence-corrected chi connectivity index (χ2v) is 6.65. The lowest BCUT2D eigenvalue weighted by atomic mass is 9.81. The Morgan fingerprint density at radius 1 is 1.17 bits per heavy atom. The SMILES string of the molecule is CCCOC(=O)c1ccc2ccccc2c1C1CC2C=CC1C2=O. The lowest BCUT2D eigenvalue weighted by Crippen LogP contribution is -2.16. The molecule has 1 fully saturated rings. The van der Waals surface area contributed by atoms with Gasteiger partial charge in [0.05, 0.1) is 12.2 Å². The fourth-order valence-corrected chi connectivity index (χ4v) is 4.08. The third-order valence-electron chi connectivity index (χ3n) is 5.18. The van der Waals surface area contributed by atoms with Crippen LogP contribution in [0.5, 0.6) is 0 Å². The van der Waals surface area contributed by atoms with Gasteiger partial charge in [0.2, 0.25) is 0 Å². The summed E-state index contributed by atoms with van der Waals surface area (Å²) in [6.45, 7) is 2.40. The number of carbonyl (C=O) groups excluding carboxylic acids is 2. The number of allylic oxidation sites excluding steroid dienone is 2. The first-order valence-corrected chi connectivity index (χ1v) is 8.61. The standard InChI is InChI=1S/C21H20O3/c1-2-11-24-21(23)17-10-7-13-5-3-4-6-15(13)19(17)18-12-14-8-9-16(18)20(14)22/h3-10,14,16,18H,2,11-12H2,1H3. The van der Waals surface area contributed by atoms with Gasteiger partial charge < -0.3 is 4.74 Å². The molecule has 1 saturated carbocycles. The molecule has 4 rings (SSSR count). The van der Waals surface area contributed by atoms with E-state index in [2.05, 4.69) is 0 Å². The Labute approximate surface area is 141 Å². The van der Waals surface area contributed by atoms with Crippen LogP contribution in [0.15, 0.2) is 48.6 Å². The fourth-order valence-electron chi connectivity index (χ4n) is 4.08. The predicted molar refractivity (Wildman–Crippen MR) is 93.0 cm³/mol. The normalized spacial score (nSPS) is 24.7. The van der Waals surface area contributed by atoms with E-state index >= 15 is 0 Å². The summed E-state index contributed by atoms with van der Waals surface area (Å²) in [4.78, 5) is 24.9. The summed E-state index contributed by atoms with van der Waals surface area (Å²) in [5.74, 6) is -0.00240. The average molecular weight is 320 g/mol. The summed E-state index contributed by atoms with van der Waals surface area (Å²) in [6.07, 6.45) is 5.62. The largest absolute Gasteiger partial charge is 0.462 e. The molecule has 3 heteroatoms. The molecule has 2 bridgehead atoms. The van der Waals surface area contributed by atoms with E-state index in [4.69, 9.17) is 4.74 Å². The molecular formula is C21H20O3. The zero-order valence-electron chi connectivity index (χ0n) is 13.7. The quantitative estimate of drug-likeness (QED) is 0.624. The topological polar surface area (TPSA) is 43.4 Å². The molecule has 0 N–H and O–H groups in total. The van der Waals surface area contributed by atoms with Crippen molar-refractivity contribution < 1.29 is 14.3 Å². The van der Waals surface area contributed by atoms with Gasteiger partial charge in [0.1, 0.15) is 5.78 Å². The van der Waals surface area contributed by atoms with Crippen molar-refractivity contribution in [1.29, 1.82) is 0 Å². The highest BCUT2D eigenvalue weighted by Crippen LogP contribution is 2.49. The Bertz CT molecular complexity index is 849. The number of esters is 1. The van der Waals surface area contributed by atoms with Gasteiger partial charge in [-0.3, -0.25) is 4.79 Å². The number of ketones is 1. The number of benzene rings is 2. The highest BCUT2D eigenvalue weighted by Gasteiger charge is 2.45. The van der Waals surface area contributed by atoms with Gasteiger partial charge >= 0.3 is 5.97 Å². The zero-order valence-corrected chi connectivity index (χ0v) is 13.7. The van der Waals surface area contributed by atoms with Crippen LogP contribution in [0.4, 0.5) is 0 Å². The van der Waals surface area contributed by atoms with Crippen LogP contribution in [-0.4, -0.2) is 18.4 Å². The molecule has 0 saturated heterocycles. The molecule has 0 heterocycles. The summed E-state index contributed by atoms with van der Waals surface area (Å²) in [5, 5.41) is 2.15. The van der Waals surface area contributed by atoms with Crippen LogP contribution in [-0.2, 0) is 9.53 Å². The molecule has 3 unspecified atom stereocenters. The smallest absolute Gasteiger partial charge is 0.338 e. The van der Waals surface area contributed by atoms with Crippen molar-refractivity contribution in [2.75, 3.05) is 6.61 Å². The van der Waals surface area contributed by atoms with Crippen molar-refractivity contribution in [2.45, 2.75) is 25.7 Å². The van der Waals surface area contributed by atoms with Crippen LogP contribution in [0.1, 0.15) is 41.6 Å². The van der Waals surface area contributed by atoms with E-state index in [0.29, 0.717) is 18.0 Å². The summed E-state index contributed by atoms with van der Waals surface area (Å²) < 4.78 is 5.39. The van der Waals surface area contributed by atoms with Gasteiger partial charge in [0.25, 0.3) is 0 Å². The van der Waals surface area contributed by atoms with Crippen molar-refractivity contribution in [3.8, 4) is 0 Å². The molecule has 0 aliphatic heterocycles. The highest BCUT2D eigenvalue weighted by molar-refractivity contribution is 6.01. The van der Waals surface area contributed by atoms with Crippen LogP contribution >= 0.6 is 0 Å². The van der Waals surface area contributed by atoms with Gasteiger partial charge in [-0.25, -0.2) is 4.79 Å². The zero-order chi connectivity index (χ0) is 16.7. The Morgan fingerprint density at radius 3 is 2.71 bits per heavy atom. The number of fused-ring (bicyclic) bond motifs is 3. The summed E-state index contributed by atoms with van der Waals surface area (Å²) >= 11 is 0. The van der Waals surface area contributed by atoms with E-state index in [0.717, 1.165) is 29.2 Å². The summed E-state index contributed by atoms with van der Waals surface area (Å²) in [6, 6.07) is 11.9. The molecular weight excluding hydrogens is 300 g/mol. The predicted octanol–water partition coefficient (Wildman–Crippen LogP) is 4.27. The first-order valence-electron chi connectivity index (χ1n) is 8.61. The summed E-state index contributed by atoms with van der Waals surface area (Å²) in [5.41, 5.74) is 1.60. The second kappa shape index (κ2) is 5.90. The molecule has 3 atom stereocenters. The fraction of sp³-hybridized carbons (Fsp3) is 0.333. The van der Waals surface area contributed by atoms with Gasteiger partial charge in [-0.05, 0) is 41.2 Å². The molecule has 2 aliphatic carbocycles. The van der Waals surface area contributed by atoms with Crippen LogP contribution in [0.3, 0.4) is 0 Å². The molecule has 0 aromatic heterocycles. The Balaban J connectivity index is 1.86. The minimum atomic E-state index is -0.281. The van der Waals surface area contributed by atoms with Crippen LogP contribution in [0.25, 0.3) is 10.8 Å². The number of rotatable bonds is 4. The van der Waals surface area contributed by atoms with E-state index in [9.17, 15) is 9.59 Å². The Morgan fingerprint density at radius 2 is 2.00 bits per heavy atom.